The van der Waals surface area contributed by atoms with Crippen LogP contribution in [0.25, 0.3) is 66.4 Å². The van der Waals surface area contributed by atoms with Crippen LogP contribution in [0.15, 0.2) is 134 Å². The molecule has 0 atom stereocenters. The van der Waals surface area contributed by atoms with Crippen LogP contribution in [0.3, 0.4) is 0 Å². The Bertz CT molecular complexity index is 2670. The van der Waals surface area contributed by atoms with Crippen molar-refractivity contribution >= 4 is 43.6 Å². The highest BCUT2D eigenvalue weighted by atomic mass is 16.5. The molecule has 4 aromatic heterocycles. The fourth-order valence-corrected chi connectivity index (χ4v) is 7.61. The molecule has 5 aromatic carbocycles. The molecule has 9 aromatic rings. The lowest BCUT2D eigenvalue weighted by Gasteiger charge is -2.14. The third kappa shape index (κ3) is 4.77. The summed E-state index contributed by atoms with van der Waals surface area (Å²) in [5, 5.41) is 4.88. The van der Waals surface area contributed by atoms with E-state index in [9.17, 15) is 0 Å². The highest BCUT2D eigenvalue weighted by Gasteiger charge is 2.19. The second-order valence-electron chi connectivity index (χ2n) is 13.0. The summed E-state index contributed by atoms with van der Waals surface area (Å²) in [6.45, 7) is 8.80. The Balaban J connectivity index is 1.22. The van der Waals surface area contributed by atoms with Gasteiger partial charge < -0.3 is 9.30 Å². The number of hydrogen-bond donors (Lipinski definition) is 0. The van der Waals surface area contributed by atoms with Gasteiger partial charge >= 0.3 is 0 Å². The van der Waals surface area contributed by atoms with E-state index < -0.39 is 0 Å². The van der Waals surface area contributed by atoms with Gasteiger partial charge in [-0.3, -0.25) is 9.55 Å². The van der Waals surface area contributed by atoms with Crippen LogP contribution in [-0.4, -0.2) is 19.1 Å². The van der Waals surface area contributed by atoms with E-state index in [2.05, 4.69) is 121 Å². The third-order valence-electron chi connectivity index (χ3n) is 9.52. The molecule has 0 aliphatic heterocycles. The topological polar surface area (TPSA) is 44.9 Å². The Morgan fingerprint density at radius 3 is 1.96 bits per heavy atom. The van der Waals surface area contributed by atoms with Gasteiger partial charge in [0.2, 0.25) is 0 Å². The molecule has 49 heavy (non-hydrogen) atoms. The van der Waals surface area contributed by atoms with E-state index >= 15 is 0 Å². The highest BCUT2D eigenvalue weighted by molar-refractivity contribution is 6.12. The molecule has 0 saturated carbocycles. The molecule has 0 N–H and O–H groups in total. The maximum atomic E-state index is 6.49. The van der Waals surface area contributed by atoms with E-state index in [1.165, 1.54) is 49.4 Å². The van der Waals surface area contributed by atoms with Crippen LogP contribution in [0.2, 0.25) is 0 Å². The Kier molecular flexibility index (Phi) is 6.63. The van der Waals surface area contributed by atoms with Crippen LogP contribution in [0.4, 0.5) is 0 Å². The standard InChI is InChI=1S/C44H34N4O/c1-27-20-29(3)43-37(22-27)38-23-28(2)21-30(4)44(38)47(43)32-17-19-46-42(25-32)48-40-14-6-5-12-35(40)36-16-15-34(26-41(36)48)49-33-11-9-10-31(24-33)39-13-7-8-18-45-39/h5-26H,1-4H3. The highest BCUT2D eigenvalue weighted by Crippen LogP contribution is 2.39. The summed E-state index contributed by atoms with van der Waals surface area (Å²) in [6.07, 6.45) is 3.74. The molecule has 0 fully saturated rings. The molecule has 9 rings (SSSR count). The molecule has 5 heteroatoms. The van der Waals surface area contributed by atoms with Gasteiger partial charge in [-0.15, -0.1) is 0 Å². The molecule has 0 unspecified atom stereocenters. The number of fused-ring (bicyclic) bond motifs is 6. The Hall–Kier alpha value is -6.20. The number of benzene rings is 5. The van der Waals surface area contributed by atoms with Gasteiger partial charge in [-0.2, -0.15) is 0 Å². The third-order valence-corrected chi connectivity index (χ3v) is 9.52. The molecule has 236 valence electrons. The van der Waals surface area contributed by atoms with Gasteiger partial charge in [-0.05, 0) is 99.5 Å². The number of nitrogens with zero attached hydrogens (tertiary/aromatic N) is 4. The van der Waals surface area contributed by atoms with Crippen LogP contribution in [0.1, 0.15) is 22.3 Å². The summed E-state index contributed by atoms with van der Waals surface area (Å²) in [7, 11) is 0. The van der Waals surface area contributed by atoms with Crippen molar-refractivity contribution in [3.8, 4) is 34.3 Å². The lowest BCUT2D eigenvalue weighted by Crippen LogP contribution is -2.02. The fraction of sp³-hybridized carbons (Fsp3) is 0.0909. The first-order chi connectivity index (χ1) is 23.9. The van der Waals surface area contributed by atoms with Crippen molar-refractivity contribution in [2.24, 2.45) is 0 Å². The van der Waals surface area contributed by atoms with Crippen LogP contribution < -0.4 is 4.74 Å². The van der Waals surface area contributed by atoms with E-state index in [1.807, 2.05) is 54.9 Å². The summed E-state index contributed by atoms with van der Waals surface area (Å²) in [4.78, 5) is 9.50. The summed E-state index contributed by atoms with van der Waals surface area (Å²) >= 11 is 0. The fourth-order valence-electron chi connectivity index (χ4n) is 7.61. The lowest BCUT2D eigenvalue weighted by atomic mass is 10.0. The average Bonchev–Trinajstić information content (AvgIpc) is 3.62. The predicted octanol–water partition coefficient (Wildman–Crippen LogP) is 11.4. The zero-order valence-corrected chi connectivity index (χ0v) is 27.9. The lowest BCUT2D eigenvalue weighted by molar-refractivity contribution is 0.483. The van der Waals surface area contributed by atoms with Crippen molar-refractivity contribution in [3.05, 3.63) is 156 Å². The van der Waals surface area contributed by atoms with Crippen molar-refractivity contribution < 1.29 is 4.74 Å². The predicted molar refractivity (Wildman–Crippen MR) is 202 cm³/mol. The smallest absolute Gasteiger partial charge is 0.139 e. The number of rotatable bonds is 5. The van der Waals surface area contributed by atoms with Crippen molar-refractivity contribution in [2.45, 2.75) is 27.7 Å². The molecule has 5 nitrogen and oxygen atoms in total. The molecule has 0 saturated heterocycles. The molecule has 0 aliphatic rings. The van der Waals surface area contributed by atoms with Gasteiger partial charge in [0, 0.05) is 51.6 Å². The zero-order chi connectivity index (χ0) is 33.2. The van der Waals surface area contributed by atoms with Gasteiger partial charge in [0.25, 0.3) is 0 Å². The number of aromatic nitrogens is 4. The summed E-state index contributed by atoms with van der Waals surface area (Å²) in [5.74, 6) is 2.36. The average molecular weight is 635 g/mol. The van der Waals surface area contributed by atoms with Crippen molar-refractivity contribution in [1.29, 1.82) is 0 Å². The van der Waals surface area contributed by atoms with Crippen LogP contribution in [-0.2, 0) is 0 Å². The van der Waals surface area contributed by atoms with Gasteiger partial charge in [-0.25, -0.2) is 4.98 Å². The van der Waals surface area contributed by atoms with Crippen molar-refractivity contribution in [2.75, 3.05) is 0 Å². The Morgan fingerprint density at radius 1 is 0.490 bits per heavy atom. The van der Waals surface area contributed by atoms with Gasteiger partial charge in [0.1, 0.15) is 17.3 Å². The first-order valence-corrected chi connectivity index (χ1v) is 16.6. The van der Waals surface area contributed by atoms with E-state index in [-0.39, 0.29) is 0 Å². The van der Waals surface area contributed by atoms with E-state index in [4.69, 9.17) is 9.72 Å². The first kappa shape index (κ1) is 29.0. The zero-order valence-electron chi connectivity index (χ0n) is 27.9. The maximum absolute atomic E-state index is 6.49. The molecule has 0 bridgehead atoms. The number of pyridine rings is 2. The number of aryl methyl sites for hydroxylation is 4. The van der Waals surface area contributed by atoms with Gasteiger partial charge in [-0.1, -0.05) is 59.7 Å². The van der Waals surface area contributed by atoms with Crippen molar-refractivity contribution in [3.63, 3.8) is 0 Å². The van der Waals surface area contributed by atoms with E-state index in [0.717, 1.165) is 50.7 Å². The second-order valence-corrected chi connectivity index (χ2v) is 13.0. The monoisotopic (exact) mass is 634 g/mol. The molecular weight excluding hydrogens is 601 g/mol. The quantitative estimate of drug-likeness (QED) is 0.189. The molecule has 4 heterocycles. The normalized spacial score (nSPS) is 11.7. The summed E-state index contributed by atoms with van der Waals surface area (Å²) in [5.41, 5.74) is 12.6. The van der Waals surface area contributed by atoms with E-state index in [1.54, 1.807) is 0 Å². The van der Waals surface area contributed by atoms with Gasteiger partial charge in [0.15, 0.2) is 0 Å². The van der Waals surface area contributed by atoms with Crippen LogP contribution in [0, 0.1) is 27.7 Å². The number of hydrogen-bond acceptors (Lipinski definition) is 3. The first-order valence-electron chi connectivity index (χ1n) is 16.6. The van der Waals surface area contributed by atoms with Gasteiger partial charge in [0.05, 0.1) is 33.4 Å². The molecule has 0 radical (unpaired) electrons. The minimum absolute atomic E-state index is 0.755. The SMILES string of the molecule is Cc1cc(C)c2c(c1)c1cc(C)cc(C)c1n2-c1ccnc(-n2c3ccccc3c3ccc(Oc4cccc(-c5ccccn5)c4)cc32)c1. The number of para-hydroxylation sites is 1. The van der Waals surface area contributed by atoms with Crippen LogP contribution in [0.5, 0.6) is 11.5 Å². The minimum Gasteiger partial charge on any atom is -0.457 e. The largest absolute Gasteiger partial charge is 0.457 e. The van der Waals surface area contributed by atoms with Crippen molar-refractivity contribution in [1.82, 2.24) is 19.1 Å². The Morgan fingerprint density at radius 2 is 1.20 bits per heavy atom. The maximum Gasteiger partial charge on any atom is 0.139 e. The molecule has 0 amide bonds. The van der Waals surface area contributed by atoms with Crippen LogP contribution >= 0.6 is 0 Å². The molecule has 0 spiro atoms. The minimum atomic E-state index is 0.755. The van der Waals surface area contributed by atoms with E-state index in [0.29, 0.717) is 0 Å². The number of ether oxygens (including phenoxy) is 1. The second kappa shape index (κ2) is 11.2. The summed E-state index contributed by atoms with van der Waals surface area (Å²) < 4.78 is 11.2. The summed E-state index contributed by atoms with van der Waals surface area (Å²) in [6, 6.07) is 42.4. The molecule has 0 aliphatic carbocycles. The molecular formula is C44H34N4O. The Labute approximate surface area is 284 Å².